The first-order chi connectivity index (χ1) is 18.7. The van der Waals surface area contributed by atoms with Crippen LogP contribution in [0.25, 0.3) is 11.1 Å². The molecule has 40 heavy (non-hydrogen) atoms. The normalized spacial score (nSPS) is 18.6. The van der Waals surface area contributed by atoms with E-state index in [1.807, 2.05) is 12.1 Å². The van der Waals surface area contributed by atoms with E-state index in [0.717, 1.165) is 36.5 Å². The second-order valence-corrected chi connectivity index (χ2v) is 9.77. The van der Waals surface area contributed by atoms with Gasteiger partial charge in [-0.25, -0.2) is 13.5 Å². The van der Waals surface area contributed by atoms with Crippen molar-refractivity contribution in [3.8, 4) is 16.9 Å². The Kier molecular flexibility index (Phi) is 8.44. The Hall–Kier alpha value is -3.21. The molecule has 0 heterocycles. The summed E-state index contributed by atoms with van der Waals surface area (Å²) in [5.41, 5.74) is -0.983. The van der Waals surface area contributed by atoms with Crippen LogP contribution in [-0.2, 0) is 17.0 Å². The number of hydrogen-bond donors (Lipinski definition) is 0. The van der Waals surface area contributed by atoms with Crippen molar-refractivity contribution < 1.29 is 49.0 Å². The van der Waals surface area contributed by atoms with Gasteiger partial charge in [-0.1, -0.05) is 43.7 Å². The third kappa shape index (κ3) is 6.92. The standard InChI is InChI=1S/C29H25F9O2/c1-2-17-3-5-18(6-4-17)19-7-9-20(10-8-19)21-11-13-23(25(30)15-21)27(32,33)39-22-12-14-24(26(31)16-22)28(34,35)40-29(36,37)38/h7-18H,2-6H2,1H3. The van der Waals surface area contributed by atoms with Crippen molar-refractivity contribution in [2.75, 3.05) is 0 Å². The molecule has 0 unspecified atom stereocenters. The molecule has 11 heteroatoms. The zero-order valence-electron chi connectivity index (χ0n) is 21.2. The van der Waals surface area contributed by atoms with E-state index in [2.05, 4.69) is 16.4 Å². The summed E-state index contributed by atoms with van der Waals surface area (Å²) in [6.45, 7) is 2.19. The zero-order chi connectivity index (χ0) is 29.3. The smallest absolute Gasteiger partial charge is 0.429 e. The van der Waals surface area contributed by atoms with E-state index in [0.29, 0.717) is 23.1 Å². The number of ether oxygens (including phenoxy) is 2. The van der Waals surface area contributed by atoms with Gasteiger partial charge in [-0.05, 0) is 78.5 Å². The monoisotopic (exact) mass is 576 g/mol. The molecule has 3 aromatic carbocycles. The average Bonchev–Trinajstić information content (AvgIpc) is 2.87. The largest absolute Gasteiger partial charge is 0.527 e. The fraction of sp³-hybridized carbons (Fsp3) is 0.379. The molecule has 0 saturated heterocycles. The maximum absolute atomic E-state index is 14.8. The lowest BCUT2D eigenvalue weighted by molar-refractivity contribution is -0.432. The Morgan fingerprint density at radius 3 is 1.77 bits per heavy atom. The summed E-state index contributed by atoms with van der Waals surface area (Å²) in [6, 6.07) is 10.9. The molecule has 0 aromatic heterocycles. The molecule has 3 aromatic rings. The van der Waals surface area contributed by atoms with Crippen molar-refractivity contribution in [2.24, 2.45) is 5.92 Å². The van der Waals surface area contributed by atoms with Crippen molar-refractivity contribution in [1.29, 1.82) is 0 Å². The van der Waals surface area contributed by atoms with Gasteiger partial charge in [0.2, 0.25) is 0 Å². The van der Waals surface area contributed by atoms with E-state index < -0.39 is 47.1 Å². The highest BCUT2D eigenvalue weighted by atomic mass is 19.4. The van der Waals surface area contributed by atoms with Crippen LogP contribution in [0.4, 0.5) is 39.5 Å². The summed E-state index contributed by atoms with van der Waals surface area (Å²) < 4.78 is 129. The highest BCUT2D eigenvalue weighted by Crippen LogP contribution is 2.41. The van der Waals surface area contributed by atoms with Gasteiger partial charge in [0.05, 0.1) is 11.1 Å². The third-order valence-corrected chi connectivity index (χ3v) is 7.17. The van der Waals surface area contributed by atoms with Gasteiger partial charge in [0.15, 0.2) is 0 Å². The predicted octanol–water partition coefficient (Wildman–Crippen LogP) is 10.0. The number of halogens is 9. The fourth-order valence-corrected chi connectivity index (χ4v) is 4.98. The van der Waals surface area contributed by atoms with Gasteiger partial charge in [-0.3, -0.25) is 0 Å². The van der Waals surface area contributed by atoms with Crippen molar-refractivity contribution in [1.82, 2.24) is 0 Å². The van der Waals surface area contributed by atoms with Crippen LogP contribution in [0.3, 0.4) is 0 Å². The van der Waals surface area contributed by atoms with Crippen LogP contribution in [0, 0.1) is 17.6 Å². The molecule has 216 valence electrons. The molecule has 0 radical (unpaired) electrons. The average molecular weight is 576 g/mol. The minimum Gasteiger partial charge on any atom is -0.429 e. The minimum atomic E-state index is -5.79. The highest BCUT2D eigenvalue weighted by molar-refractivity contribution is 5.64. The van der Waals surface area contributed by atoms with Crippen LogP contribution in [0.5, 0.6) is 5.75 Å². The molecule has 0 aliphatic heterocycles. The Labute approximate surface area is 224 Å². The lowest BCUT2D eigenvalue weighted by atomic mass is 9.77. The number of rotatable bonds is 8. The zero-order valence-corrected chi connectivity index (χ0v) is 21.2. The molecular weight excluding hydrogens is 551 g/mol. The van der Waals surface area contributed by atoms with Crippen molar-refractivity contribution in [2.45, 2.75) is 63.5 Å². The maximum atomic E-state index is 14.8. The molecule has 0 atom stereocenters. The van der Waals surface area contributed by atoms with Crippen molar-refractivity contribution >= 4 is 0 Å². The van der Waals surface area contributed by atoms with Gasteiger partial charge >= 0.3 is 18.6 Å². The SMILES string of the molecule is CCC1CCC(c2ccc(-c3ccc(C(F)(F)Oc4ccc(C(F)(F)OC(F)(F)F)c(F)c4)c(F)c3)cc2)CC1. The molecule has 0 N–H and O–H groups in total. The van der Waals surface area contributed by atoms with E-state index in [1.165, 1.54) is 25.3 Å². The highest BCUT2D eigenvalue weighted by Gasteiger charge is 2.48. The number of alkyl halides is 7. The summed E-state index contributed by atoms with van der Waals surface area (Å²) in [7, 11) is 0. The molecule has 1 fully saturated rings. The minimum absolute atomic E-state index is 0.0272. The topological polar surface area (TPSA) is 18.5 Å². The van der Waals surface area contributed by atoms with Crippen molar-refractivity contribution in [3.63, 3.8) is 0 Å². The van der Waals surface area contributed by atoms with E-state index >= 15 is 0 Å². The van der Waals surface area contributed by atoms with Gasteiger partial charge in [-0.2, -0.15) is 17.6 Å². The van der Waals surface area contributed by atoms with Gasteiger partial charge in [0.1, 0.15) is 17.4 Å². The van der Waals surface area contributed by atoms with E-state index in [-0.39, 0.29) is 12.1 Å². The first kappa shape index (κ1) is 29.8. The lowest BCUT2D eigenvalue weighted by Gasteiger charge is -2.28. The molecule has 0 amide bonds. The first-order valence-corrected chi connectivity index (χ1v) is 12.6. The van der Waals surface area contributed by atoms with Crippen LogP contribution in [0.2, 0.25) is 0 Å². The summed E-state index contributed by atoms with van der Waals surface area (Å²) in [6.07, 6.45) is -9.61. The summed E-state index contributed by atoms with van der Waals surface area (Å²) in [5.74, 6) is -3.18. The van der Waals surface area contributed by atoms with Crippen LogP contribution >= 0.6 is 0 Å². The first-order valence-electron chi connectivity index (χ1n) is 12.6. The summed E-state index contributed by atoms with van der Waals surface area (Å²) in [4.78, 5) is 0. The van der Waals surface area contributed by atoms with Crippen LogP contribution in [-0.4, -0.2) is 6.36 Å². The van der Waals surface area contributed by atoms with Crippen LogP contribution < -0.4 is 4.74 Å². The Balaban J connectivity index is 1.47. The molecule has 0 spiro atoms. The molecule has 1 saturated carbocycles. The molecule has 4 rings (SSSR count). The fourth-order valence-electron chi connectivity index (χ4n) is 4.98. The molecule has 1 aliphatic carbocycles. The lowest BCUT2D eigenvalue weighted by Crippen LogP contribution is -2.28. The quantitative estimate of drug-likeness (QED) is 0.249. The van der Waals surface area contributed by atoms with Gasteiger partial charge in [0, 0.05) is 6.07 Å². The summed E-state index contributed by atoms with van der Waals surface area (Å²) in [5, 5.41) is 0. The Bertz CT molecular complexity index is 1310. The third-order valence-electron chi connectivity index (χ3n) is 7.17. The Morgan fingerprint density at radius 2 is 1.23 bits per heavy atom. The van der Waals surface area contributed by atoms with Gasteiger partial charge in [0.25, 0.3) is 0 Å². The number of benzene rings is 3. The predicted molar refractivity (Wildman–Crippen MR) is 129 cm³/mol. The van der Waals surface area contributed by atoms with E-state index in [4.69, 9.17) is 0 Å². The maximum Gasteiger partial charge on any atom is 0.527 e. The Morgan fingerprint density at radius 1 is 0.675 bits per heavy atom. The van der Waals surface area contributed by atoms with Crippen molar-refractivity contribution in [3.05, 3.63) is 89.0 Å². The van der Waals surface area contributed by atoms with Crippen LogP contribution in [0.1, 0.15) is 61.6 Å². The van der Waals surface area contributed by atoms with E-state index in [1.54, 1.807) is 12.1 Å². The molecular formula is C29H25F9O2. The second-order valence-electron chi connectivity index (χ2n) is 9.77. The van der Waals surface area contributed by atoms with Gasteiger partial charge < -0.3 is 4.74 Å². The molecule has 2 nitrogen and oxygen atoms in total. The molecule has 0 bridgehead atoms. The summed E-state index contributed by atoms with van der Waals surface area (Å²) >= 11 is 0. The van der Waals surface area contributed by atoms with E-state index in [9.17, 15) is 39.5 Å². The number of hydrogen-bond acceptors (Lipinski definition) is 2. The second kappa shape index (κ2) is 11.3. The molecule has 1 aliphatic rings. The van der Waals surface area contributed by atoms with Crippen LogP contribution in [0.15, 0.2) is 60.7 Å². The van der Waals surface area contributed by atoms with Gasteiger partial charge in [-0.15, -0.1) is 13.2 Å².